The summed E-state index contributed by atoms with van der Waals surface area (Å²) >= 11 is 0. The van der Waals surface area contributed by atoms with Gasteiger partial charge in [-0.05, 0) is 36.1 Å². The molecule has 86 valence electrons. The van der Waals surface area contributed by atoms with E-state index in [2.05, 4.69) is 26.8 Å². The van der Waals surface area contributed by atoms with E-state index in [9.17, 15) is 0 Å². The van der Waals surface area contributed by atoms with Crippen molar-refractivity contribution in [2.24, 2.45) is 7.05 Å². The molecular formula is C14H10N4. The lowest BCUT2D eigenvalue weighted by Crippen LogP contribution is -1.91. The third-order valence-corrected chi connectivity index (χ3v) is 2.58. The van der Waals surface area contributed by atoms with Crippen LogP contribution in [0.25, 0.3) is 11.2 Å². The highest BCUT2D eigenvalue weighted by molar-refractivity contribution is 5.69. The maximum Gasteiger partial charge on any atom is 0.179 e. The predicted molar refractivity (Wildman–Crippen MR) is 68.7 cm³/mol. The summed E-state index contributed by atoms with van der Waals surface area (Å²) in [7, 11) is 1.96. The van der Waals surface area contributed by atoms with E-state index in [0.717, 1.165) is 11.2 Å². The van der Waals surface area contributed by atoms with Crippen LogP contribution >= 0.6 is 0 Å². The van der Waals surface area contributed by atoms with Crippen LogP contribution in [0, 0.1) is 11.8 Å². The summed E-state index contributed by atoms with van der Waals surface area (Å²) in [4.78, 5) is 12.8. The molecule has 3 aromatic rings. The van der Waals surface area contributed by atoms with Crippen molar-refractivity contribution in [3.8, 4) is 11.8 Å². The quantitative estimate of drug-likeness (QED) is 0.557. The molecule has 0 aliphatic carbocycles. The van der Waals surface area contributed by atoms with Crippen LogP contribution in [-0.4, -0.2) is 19.5 Å². The topological polar surface area (TPSA) is 43.6 Å². The van der Waals surface area contributed by atoms with Gasteiger partial charge in [-0.15, -0.1) is 0 Å². The Kier molecular flexibility index (Phi) is 2.50. The van der Waals surface area contributed by atoms with Crippen molar-refractivity contribution in [1.82, 2.24) is 19.5 Å². The fraction of sp³-hybridized carbons (Fsp3) is 0.0714. The average Bonchev–Trinajstić information content (AvgIpc) is 2.82. The van der Waals surface area contributed by atoms with E-state index in [4.69, 9.17) is 0 Å². The van der Waals surface area contributed by atoms with Crippen molar-refractivity contribution in [2.75, 3.05) is 0 Å². The molecule has 0 aliphatic rings. The molecule has 4 nitrogen and oxygen atoms in total. The van der Waals surface area contributed by atoms with Crippen molar-refractivity contribution in [3.05, 3.63) is 54.2 Å². The molecule has 0 bridgehead atoms. The van der Waals surface area contributed by atoms with Crippen LogP contribution < -0.4 is 0 Å². The minimum atomic E-state index is 0.621. The first-order valence-corrected chi connectivity index (χ1v) is 5.54. The van der Waals surface area contributed by atoms with Gasteiger partial charge in [-0.2, -0.15) is 0 Å². The van der Waals surface area contributed by atoms with Gasteiger partial charge in [-0.25, -0.2) is 15.0 Å². The van der Waals surface area contributed by atoms with Gasteiger partial charge in [0.2, 0.25) is 0 Å². The fourth-order valence-electron chi connectivity index (χ4n) is 1.63. The standard InChI is InChI=1S/C14H10N4/c1-18-9-3-4-12(18)7-6-11-10-16-13-5-2-8-15-14(13)17-11/h2-5,8-10H,1H3. The number of hydrogen-bond acceptors (Lipinski definition) is 3. The first-order chi connectivity index (χ1) is 8.83. The van der Waals surface area contributed by atoms with Crippen LogP contribution in [0.5, 0.6) is 0 Å². The second-order valence-electron chi connectivity index (χ2n) is 3.86. The number of aryl methyl sites for hydroxylation is 1. The number of fused-ring (bicyclic) bond motifs is 1. The second kappa shape index (κ2) is 4.30. The van der Waals surface area contributed by atoms with Gasteiger partial charge in [0, 0.05) is 19.4 Å². The van der Waals surface area contributed by atoms with Crippen LogP contribution in [-0.2, 0) is 7.05 Å². The van der Waals surface area contributed by atoms with Gasteiger partial charge in [0.05, 0.1) is 11.9 Å². The largest absolute Gasteiger partial charge is 0.344 e. The van der Waals surface area contributed by atoms with Crippen LogP contribution in [0.2, 0.25) is 0 Å². The average molecular weight is 234 g/mol. The minimum Gasteiger partial charge on any atom is -0.344 e. The van der Waals surface area contributed by atoms with E-state index in [1.165, 1.54) is 0 Å². The first kappa shape index (κ1) is 10.5. The maximum absolute atomic E-state index is 4.35. The van der Waals surface area contributed by atoms with Gasteiger partial charge >= 0.3 is 0 Å². The summed E-state index contributed by atoms with van der Waals surface area (Å²) < 4.78 is 1.96. The molecule has 18 heavy (non-hydrogen) atoms. The van der Waals surface area contributed by atoms with Gasteiger partial charge in [-0.3, -0.25) is 0 Å². The highest BCUT2D eigenvalue weighted by Gasteiger charge is 1.97. The molecule has 0 amide bonds. The van der Waals surface area contributed by atoms with Gasteiger partial charge < -0.3 is 4.57 Å². The monoisotopic (exact) mass is 234 g/mol. The molecule has 0 saturated carbocycles. The summed E-state index contributed by atoms with van der Waals surface area (Å²) in [5.74, 6) is 6.05. The summed E-state index contributed by atoms with van der Waals surface area (Å²) in [6.45, 7) is 0. The Labute approximate surface area is 104 Å². The van der Waals surface area contributed by atoms with Crippen molar-refractivity contribution in [2.45, 2.75) is 0 Å². The Morgan fingerprint density at radius 3 is 2.89 bits per heavy atom. The minimum absolute atomic E-state index is 0.621. The molecule has 3 heterocycles. The predicted octanol–water partition coefficient (Wildman–Crippen LogP) is 1.76. The van der Waals surface area contributed by atoms with E-state index < -0.39 is 0 Å². The molecule has 3 aromatic heterocycles. The van der Waals surface area contributed by atoms with Gasteiger partial charge in [0.15, 0.2) is 5.65 Å². The number of hydrogen-bond donors (Lipinski definition) is 0. The third kappa shape index (κ3) is 1.94. The van der Waals surface area contributed by atoms with E-state index in [1.54, 1.807) is 12.4 Å². The highest BCUT2D eigenvalue weighted by atomic mass is 14.9. The second-order valence-corrected chi connectivity index (χ2v) is 3.86. The Balaban J connectivity index is 2.01. The molecule has 0 unspecified atom stereocenters. The molecule has 0 N–H and O–H groups in total. The lowest BCUT2D eigenvalue weighted by molar-refractivity contribution is 0.911. The Bertz CT molecular complexity index is 762. The molecule has 4 heteroatoms. The highest BCUT2D eigenvalue weighted by Crippen LogP contribution is 2.05. The smallest absolute Gasteiger partial charge is 0.179 e. The maximum atomic E-state index is 4.35. The van der Waals surface area contributed by atoms with Gasteiger partial charge in [-0.1, -0.05) is 0 Å². The zero-order valence-corrected chi connectivity index (χ0v) is 9.83. The molecule has 0 aliphatic heterocycles. The number of pyridine rings is 1. The van der Waals surface area contributed by atoms with Gasteiger partial charge in [0.25, 0.3) is 0 Å². The lowest BCUT2D eigenvalue weighted by Gasteiger charge is -1.95. The molecular weight excluding hydrogens is 224 g/mol. The van der Waals surface area contributed by atoms with Crippen LogP contribution in [0.15, 0.2) is 42.9 Å². The van der Waals surface area contributed by atoms with Crippen LogP contribution in [0.1, 0.15) is 11.4 Å². The fourth-order valence-corrected chi connectivity index (χ4v) is 1.63. The van der Waals surface area contributed by atoms with Crippen molar-refractivity contribution in [3.63, 3.8) is 0 Å². The third-order valence-electron chi connectivity index (χ3n) is 2.58. The first-order valence-electron chi connectivity index (χ1n) is 5.54. The zero-order chi connectivity index (χ0) is 12.4. The van der Waals surface area contributed by atoms with E-state index in [-0.39, 0.29) is 0 Å². The molecule has 0 aromatic carbocycles. The van der Waals surface area contributed by atoms with E-state index in [1.807, 2.05) is 42.1 Å². The Morgan fingerprint density at radius 2 is 2.06 bits per heavy atom. The lowest BCUT2D eigenvalue weighted by atomic mass is 10.3. The molecule has 0 atom stereocenters. The number of rotatable bonds is 0. The molecule has 3 rings (SSSR count). The Hall–Kier alpha value is -2.67. The van der Waals surface area contributed by atoms with Gasteiger partial charge in [0.1, 0.15) is 11.2 Å². The number of aromatic nitrogens is 4. The SMILES string of the molecule is Cn1cccc1C#Cc1cnc2cccnc2n1. The summed E-state index contributed by atoms with van der Waals surface area (Å²) in [6, 6.07) is 7.63. The van der Waals surface area contributed by atoms with E-state index >= 15 is 0 Å². The van der Waals surface area contributed by atoms with Crippen molar-refractivity contribution >= 4 is 11.2 Å². The summed E-state index contributed by atoms with van der Waals surface area (Å²) in [5, 5.41) is 0. The normalized spacial score (nSPS) is 10.1. The van der Waals surface area contributed by atoms with Crippen molar-refractivity contribution in [1.29, 1.82) is 0 Å². The summed E-state index contributed by atoms with van der Waals surface area (Å²) in [5.41, 5.74) is 2.97. The zero-order valence-electron chi connectivity index (χ0n) is 9.83. The number of nitrogens with zero attached hydrogens (tertiary/aromatic N) is 4. The Morgan fingerprint density at radius 1 is 1.11 bits per heavy atom. The molecule has 0 spiro atoms. The molecule has 0 saturated heterocycles. The van der Waals surface area contributed by atoms with E-state index in [0.29, 0.717) is 11.3 Å². The molecule has 0 radical (unpaired) electrons. The molecule has 0 fully saturated rings. The van der Waals surface area contributed by atoms with Crippen molar-refractivity contribution < 1.29 is 0 Å². The van der Waals surface area contributed by atoms with Crippen LogP contribution in [0.4, 0.5) is 0 Å². The van der Waals surface area contributed by atoms with Crippen LogP contribution in [0.3, 0.4) is 0 Å². The summed E-state index contributed by atoms with van der Waals surface area (Å²) in [6.07, 6.45) is 5.32.